The largest absolute Gasteiger partial charge is 0.482 e. The summed E-state index contributed by atoms with van der Waals surface area (Å²) in [5.74, 6) is -3.57. The molecular formula is C17H10Cl2F2N2O3. The number of carbonyl (C=O) groups is 1. The molecule has 0 aliphatic carbocycles. The molecule has 0 unspecified atom stereocenters. The molecule has 134 valence electrons. The first kappa shape index (κ1) is 18.2. The maximum Gasteiger partial charge on any atom is 0.254 e. The first-order chi connectivity index (χ1) is 12.4. The Morgan fingerprint density at radius 1 is 1.19 bits per heavy atom. The van der Waals surface area contributed by atoms with Crippen LogP contribution in [0.1, 0.15) is 16.1 Å². The summed E-state index contributed by atoms with van der Waals surface area (Å²) in [5, 5.41) is 4.72. The Morgan fingerprint density at radius 2 is 1.96 bits per heavy atom. The lowest BCUT2D eigenvalue weighted by Crippen LogP contribution is -2.16. The highest BCUT2D eigenvalue weighted by atomic mass is 35.5. The van der Waals surface area contributed by atoms with Gasteiger partial charge in [0, 0.05) is 16.7 Å². The van der Waals surface area contributed by atoms with Crippen LogP contribution in [0.2, 0.25) is 10.0 Å². The van der Waals surface area contributed by atoms with Crippen LogP contribution in [-0.2, 0) is 6.61 Å². The maximum atomic E-state index is 14.1. The minimum atomic E-state index is -1.23. The predicted octanol–water partition coefficient (Wildman–Crippen LogP) is 4.60. The van der Waals surface area contributed by atoms with E-state index in [4.69, 9.17) is 38.2 Å². The molecule has 0 bridgehead atoms. The summed E-state index contributed by atoms with van der Waals surface area (Å²) in [6.45, 7) is -0.209. The molecule has 0 aliphatic heterocycles. The third-order valence-electron chi connectivity index (χ3n) is 3.44. The Kier molecular flexibility index (Phi) is 5.11. The van der Waals surface area contributed by atoms with Crippen LogP contribution >= 0.6 is 23.2 Å². The first-order valence-electron chi connectivity index (χ1n) is 7.18. The summed E-state index contributed by atoms with van der Waals surface area (Å²) < 4.78 is 37.9. The lowest BCUT2D eigenvalue weighted by molar-refractivity contribution is 0.0991. The molecular weight excluding hydrogens is 389 g/mol. The van der Waals surface area contributed by atoms with E-state index in [1.165, 1.54) is 0 Å². The number of carbonyl (C=O) groups excluding carboxylic acids is 1. The molecule has 1 heterocycles. The number of ether oxygens (including phenoxy) is 1. The van der Waals surface area contributed by atoms with Gasteiger partial charge in [-0.1, -0.05) is 28.4 Å². The molecule has 1 amide bonds. The zero-order valence-electron chi connectivity index (χ0n) is 12.9. The van der Waals surface area contributed by atoms with Crippen LogP contribution in [-0.4, -0.2) is 11.1 Å². The summed E-state index contributed by atoms with van der Waals surface area (Å²) >= 11 is 11.9. The number of benzene rings is 2. The van der Waals surface area contributed by atoms with Crippen molar-refractivity contribution in [1.29, 1.82) is 0 Å². The minimum Gasteiger partial charge on any atom is -0.482 e. The summed E-state index contributed by atoms with van der Waals surface area (Å²) in [4.78, 5) is 11.1. The van der Waals surface area contributed by atoms with Crippen LogP contribution in [0.3, 0.4) is 0 Å². The van der Waals surface area contributed by atoms with Crippen LogP contribution < -0.4 is 10.5 Å². The molecule has 26 heavy (non-hydrogen) atoms. The molecule has 3 rings (SSSR count). The van der Waals surface area contributed by atoms with Crippen LogP contribution in [0.4, 0.5) is 8.78 Å². The fourth-order valence-corrected chi connectivity index (χ4v) is 2.73. The second kappa shape index (κ2) is 7.31. The van der Waals surface area contributed by atoms with E-state index in [2.05, 4.69) is 5.16 Å². The Bertz CT molecular complexity index is 992. The van der Waals surface area contributed by atoms with Crippen molar-refractivity contribution in [2.24, 2.45) is 5.73 Å². The quantitative estimate of drug-likeness (QED) is 0.680. The van der Waals surface area contributed by atoms with E-state index >= 15 is 0 Å². The van der Waals surface area contributed by atoms with Gasteiger partial charge < -0.3 is 15.0 Å². The van der Waals surface area contributed by atoms with Gasteiger partial charge in [-0.05, 0) is 30.3 Å². The average Bonchev–Trinajstić information content (AvgIpc) is 3.02. The van der Waals surface area contributed by atoms with Gasteiger partial charge in [0.05, 0.1) is 5.02 Å². The molecule has 2 N–H and O–H groups in total. The van der Waals surface area contributed by atoms with Crippen molar-refractivity contribution in [3.05, 3.63) is 69.4 Å². The van der Waals surface area contributed by atoms with Crippen LogP contribution in [0, 0.1) is 11.6 Å². The zero-order chi connectivity index (χ0) is 18.8. The normalized spacial score (nSPS) is 10.8. The van der Waals surface area contributed by atoms with Crippen LogP contribution in [0.15, 0.2) is 40.9 Å². The van der Waals surface area contributed by atoms with E-state index in [0.29, 0.717) is 21.3 Å². The smallest absolute Gasteiger partial charge is 0.254 e. The molecule has 0 aliphatic rings. The predicted molar refractivity (Wildman–Crippen MR) is 91.2 cm³/mol. The SMILES string of the molecule is NC(=O)c1c(F)ccc(OCc2cc(-c3ccc(Cl)cc3Cl)no2)c1F. The molecule has 0 saturated heterocycles. The van der Waals surface area contributed by atoms with E-state index in [9.17, 15) is 13.6 Å². The summed E-state index contributed by atoms with van der Waals surface area (Å²) in [7, 11) is 0. The third-order valence-corrected chi connectivity index (χ3v) is 3.99. The third kappa shape index (κ3) is 3.63. The van der Waals surface area contributed by atoms with Gasteiger partial charge >= 0.3 is 0 Å². The molecule has 0 saturated carbocycles. The monoisotopic (exact) mass is 398 g/mol. The second-order valence-electron chi connectivity index (χ2n) is 5.19. The summed E-state index contributed by atoms with van der Waals surface area (Å²) in [5.41, 5.74) is 5.12. The van der Waals surface area contributed by atoms with Crippen LogP contribution in [0.25, 0.3) is 11.3 Å². The van der Waals surface area contributed by atoms with E-state index in [1.807, 2.05) is 0 Å². The van der Waals surface area contributed by atoms with E-state index in [1.54, 1.807) is 24.3 Å². The van der Waals surface area contributed by atoms with Gasteiger partial charge in [-0.15, -0.1) is 0 Å². The fourth-order valence-electron chi connectivity index (χ4n) is 2.22. The standard InChI is InChI=1S/C17H10Cl2F2N2O3/c18-8-1-2-10(11(19)5-8)13-6-9(26-23-13)7-25-14-4-3-12(20)15(16(14)21)17(22)24/h1-6H,7H2,(H2,22,24). The van der Waals surface area contributed by atoms with Gasteiger partial charge in [-0.2, -0.15) is 0 Å². The second-order valence-corrected chi connectivity index (χ2v) is 6.03. The number of nitrogens with two attached hydrogens (primary N) is 1. The Balaban J connectivity index is 1.79. The Hall–Kier alpha value is -2.64. The minimum absolute atomic E-state index is 0.209. The number of amides is 1. The highest BCUT2D eigenvalue weighted by Gasteiger charge is 2.20. The number of halogens is 4. The van der Waals surface area contributed by atoms with Gasteiger partial charge in [0.2, 0.25) is 0 Å². The van der Waals surface area contributed by atoms with Crippen LogP contribution in [0.5, 0.6) is 5.75 Å². The van der Waals surface area contributed by atoms with E-state index in [0.717, 1.165) is 12.1 Å². The van der Waals surface area contributed by atoms with Gasteiger partial charge in [-0.25, -0.2) is 8.78 Å². The molecule has 9 heteroatoms. The number of aromatic nitrogens is 1. The average molecular weight is 399 g/mol. The van der Waals surface area contributed by atoms with Gasteiger partial charge in [0.15, 0.2) is 17.3 Å². The van der Waals surface area contributed by atoms with Crippen molar-refractivity contribution in [3.8, 4) is 17.0 Å². The van der Waals surface area contributed by atoms with Gasteiger partial charge in [0.1, 0.15) is 23.7 Å². The molecule has 3 aromatic rings. The first-order valence-corrected chi connectivity index (χ1v) is 7.94. The number of nitrogens with zero attached hydrogens (tertiary/aromatic N) is 1. The number of hydrogen-bond acceptors (Lipinski definition) is 4. The molecule has 5 nitrogen and oxygen atoms in total. The lowest BCUT2D eigenvalue weighted by Gasteiger charge is -2.08. The molecule has 0 atom stereocenters. The Labute approximate surface area is 156 Å². The number of hydrogen-bond donors (Lipinski definition) is 1. The maximum absolute atomic E-state index is 14.1. The molecule has 0 radical (unpaired) electrons. The zero-order valence-corrected chi connectivity index (χ0v) is 14.4. The molecule has 2 aromatic carbocycles. The number of rotatable bonds is 5. The fraction of sp³-hybridized carbons (Fsp3) is 0.0588. The highest BCUT2D eigenvalue weighted by Crippen LogP contribution is 2.30. The highest BCUT2D eigenvalue weighted by molar-refractivity contribution is 6.36. The Morgan fingerprint density at radius 3 is 2.65 bits per heavy atom. The van der Waals surface area contributed by atoms with Gasteiger partial charge in [0.25, 0.3) is 5.91 Å². The van der Waals surface area contributed by atoms with E-state index in [-0.39, 0.29) is 18.1 Å². The summed E-state index contributed by atoms with van der Waals surface area (Å²) in [6, 6.07) is 8.36. The summed E-state index contributed by atoms with van der Waals surface area (Å²) in [6.07, 6.45) is 0. The molecule has 0 spiro atoms. The number of primary amides is 1. The van der Waals surface area contributed by atoms with Gasteiger partial charge in [-0.3, -0.25) is 4.79 Å². The van der Waals surface area contributed by atoms with Crippen molar-refractivity contribution in [1.82, 2.24) is 5.16 Å². The van der Waals surface area contributed by atoms with Crippen molar-refractivity contribution < 1.29 is 22.8 Å². The lowest BCUT2D eigenvalue weighted by atomic mass is 10.1. The van der Waals surface area contributed by atoms with E-state index < -0.39 is 23.1 Å². The van der Waals surface area contributed by atoms with Crippen molar-refractivity contribution in [2.75, 3.05) is 0 Å². The van der Waals surface area contributed by atoms with Crippen molar-refractivity contribution in [3.63, 3.8) is 0 Å². The molecule has 0 fully saturated rings. The molecule has 1 aromatic heterocycles. The van der Waals surface area contributed by atoms with Crippen molar-refractivity contribution in [2.45, 2.75) is 6.61 Å². The van der Waals surface area contributed by atoms with Crippen molar-refractivity contribution >= 4 is 29.1 Å². The topological polar surface area (TPSA) is 78.4 Å².